The Labute approximate surface area is 177 Å². The van der Waals surface area contributed by atoms with Gasteiger partial charge in [0, 0.05) is 0 Å². The summed E-state index contributed by atoms with van der Waals surface area (Å²) in [5.74, 6) is -1.12. The van der Waals surface area contributed by atoms with Crippen LogP contribution in [0.3, 0.4) is 0 Å². The Morgan fingerprint density at radius 1 is 1.27 bits per heavy atom. The molecule has 0 aliphatic heterocycles. The third kappa shape index (κ3) is 4.21. The summed E-state index contributed by atoms with van der Waals surface area (Å²) < 4.78 is 15.7. The molecule has 154 valence electrons. The molecular weight excluding hydrogens is 403 g/mol. The number of aromatic nitrogens is 2. The minimum atomic E-state index is -1.01. The second-order valence-corrected chi connectivity index (χ2v) is 8.25. The zero-order chi connectivity index (χ0) is 21.9. The summed E-state index contributed by atoms with van der Waals surface area (Å²) in [7, 11) is 0. The predicted octanol–water partition coefficient (Wildman–Crippen LogP) is 3.67. The van der Waals surface area contributed by atoms with E-state index in [1.165, 1.54) is 22.8 Å². The van der Waals surface area contributed by atoms with Crippen LogP contribution in [0.2, 0.25) is 0 Å². The quantitative estimate of drug-likeness (QED) is 0.482. The van der Waals surface area contributed by atoms with Crippen molar-refractivity contribution in [2.75, 3.05) is 5.75 Å². The van der Waals surface area contributed by atoms with E-state index in [1.807, 2.05) is 13.8 Å². The number of amides is 1. The van der Waals surface area contributed by atoms with Gasteiger partial charge in [-0.05, 0) is 37.1 Å². The van der Waals surface area contributed by atoms with E-state index in [1.54, 1.807) is 37.3 Å². The van der Waals surface area contributed by atoms with Gasteiger partial charge in [-0.1, -0.05) is 49.9 Å². The number of halogens is 1. The average Bonchev–Trinajstić information content (AvgIpc) is 2.73. The van der Waals surface area contributed by atoms with Crippen molar-refractivity contribution in [3.8, 4) is 11.8 Å². The van der Waals surface area contributed by atoms with Crippen molar-refractivity contribution in [3.63, 3.8) is 0 Å². The maximum atomic E-state index is 14.5. The molecule has 1 N–H and O–H groups in total. The minimum absolute atomic E-state index is 0.0627. The number of thioether (sulfide) groups is 1. The van der Waals surface area contributed by atoms with E-state index in [2.05, 4.69) is 16.4 Å². The summed E-state index contributed by atoms with van der Waals surface area (Å²) >= 11 is 1.01. The molecule has 3 rings (SSSR count). The molecular formula is C22H21FN4O2S. The van der Waals surface area contributed by atoms with Crippen molar-refractivity contribution >= 4 is 28.6 Å². The number of rotatable bonds is 6. The van der Waals surface area contributed by atoms with Crippen molar-refractivity contribution in [1.82, 2.24) is 14.9 Å². The van der Waals surface area contributed by atoms with E-state index < -0.39 is 16.9 Å². The molecule has 0 saturated carbocycles. The molecule has 8 heteroatoms. The molecule has 0 spiro atoms. The monoisotopic (exact) mass is 424 g/mol. The second-order valence-electron chi connectivity index (χ2n) is 7.31. The van der Waals surface area contributed by atoms with Crippen LogP contribution >= 0.6 is 11.8 Å². The fourth-order valence-corrected chi connectivity index (χ4v) is 3.62. The molecule has 0 aliphatic carbocycles. The summed E-state index contributed by atoms with van der Waals surface area (Å²) in [6, 6.07) is 14.8. The number of carbonyl (C=O) groups is 1. The molecule has 3 aromatic rings. The number of carbonyl (C=O) groups excluding carboxylic acids is 1. The van der Waals surface area contributed by atoms with Gasteiger partial charge in [0.25, 0.3) is 5.56 Å². The highest BCUT2D eigenvalue weighted by molar-refractivity contribution is 7.99. The molecule has 0 fully saturated rings. The van der Waals surface area contributed by atoms with E-state index in [9.17, 15) is 19.2 Å². The van der Waals surface area contributed by atoms with Gasteiger partial charge in [0.15, 0.2) is 5.16 Å². The molecule has 0 radical (unpaired) electrons. The van der Waals surface area contributed by atoms with Gasteiger partial charge >= 0.3 is 0 Å². The van der Waals surface area contributed by atoms with Crippen LogP contribution in [-0.2, 0) is 4.79 Å². The zero-order valence-corrected chi connectivity index (χ0v) is 17.7. The van der Waals surface area contributed by atoms with E-state index in [0.717, 1.165) is 11.8 Å². The van der Waals surface area contributed by atoms with Crippen LogP contribution in [0.1, 0.15) is 20.8 Å². The van der Waals surface area contributed by atoms with Crippen molar-refractivity contribution in [2.45, 2.75) is 31.5 Å². The molecule has 0 saturated heterocycles. The highest BCUT2D eigenvalue weighted by Gasteiger charge is 2.30. The lowest BCUT2D eigenvalue weighted by Gasteiger charge is -2.27. The molecule has 0 aliphatic rings. The summed E-state index contributed by atoms with van der Waals surface area (Å²) in [4.78, 5) is 30.1. The molecule has 1 heterocycles. The fourth-order valence-electron chi connectivity index (χ4n) is 2.81. The molecule has 1 amide bonds. The Bertz CT molecular complexity index is 1200. The number of benzene rings is 2. The average molecular weight is 425 g/mol. The number of hydrogen-bond donors (Lipinski definition) is 1. The van der Waals surface area contributed by atoms with Crippen molar-refractivity contribution in [3.05, 3.63) is 64.7 Å². The number of nitriles is 1. The van der Waals surface area contributed by atoms with Gasteiger partial charge in [0.1, 0.15) is 11.4 Å². The first-order chi connectivity index (χ1) is 14.3. The molecule has 2 aromatic carbocycles. The van der Waals surface area contributed by atoms with Gasteiger partial charge in [0.2, 0.25) is 5.91 Å². The first-order valence-corrected chi connectivity index (χ1v) is 10.4. The molecule has 1 aromatic heterocycles. The predicted molar refractivity (Wildman–Crippen MR) is 115 cm³/mol. The third-order valence-electron chi connectivity index (χ3n) is 4.96. The van der Waals surface area contributed by atoms with Gasteiger partial charge in [0.05, 0.1) is 28.4 Å². The second kappa shape index (κ2) is 8.67. The normalized spacial score (nSPS) is 13.1. The summed E-state index contributed by atoms with van der Waals surface area (Å²) in [6.07, 6.45) is 0. The lowest BCUT2D eigenvalue weighted by Crippen LogP contribution is -2.49. The SMILES string of the molecule is CC(C)[C@](C)(C#N)NC(=O)CSc1nc2ccccc2c(=O)n1-c1ccccc1F. The first-order valence-electron chi connectivity index (χ1n) is 9.38. The van der Waals surface area contributed by atoms with E-state index in [-0.39, 0.29) is 28.4 Å². The fraction of sp³-hybridized carbons (Fsp3) is 0.273. The summed E-state index contributed by atoms with van der Waals surface area (Å²) in [5.41, 5.74) is -0.910. The molecule has 30 heavy (non-hydrogen) atoms. The molecule has 1 atom stereocenters. The number of nitrogens with zero attached hydrogens (tertiary/aromatic N) is 3. The van der Waals surface area contributed by atoms with Crippen LogP contribution in [0, 0.1) is 23.1 Å². The Morgan fingerprint density at radius 2 is 1.93 bits per heavy atom. The Morgan fingerprint density at radius 3 is 2.60 bits per heavy atom. The number of nitrogens with one attached hydrogen (secondary N) is 1. The minimum Gasteiger partial charge on any atom is -0.337 e. The summed E-state index contributed by atoms with van der Waals surface area (Å²) in [6.45, 7) is 5.35. The highest BCUT2D eigenvalue weighted by Crippen LogP contribution is 2.23. The van der Waals surface area contributed by atoms with Gasteiger partial charge < -0.3 is 5.32 Å². The molecule has 0 bridgehead atoms. The number of hydrogen-bond acceptors (Lipinski definition) is 5. The van der Waals surface area contributed by atoms with Gasteiger partial charge in [-0.3, -0.25) is 14.2 Å². The Balaban J connectivity index is 2.00. The Hall–Kier alpha value is -3.18. The molecule has 0 unspecified atom stereocenters. The Kier molecular flexibility index (Phi) is 6.22. The standard InChI is InChI=1S/C22H21FN4O2S/c1-14(2)22(3,13-24)26-19(28)12-30-21-25-17-10-6-4-8-15(17)20(29)27(21)18-11-7-5-9-16(18)23/h4-11,14H,12H2,1-3H3,(H,26,28)/t22-/m0/s1. The highest BCUT2D eigenvalue weighted by atomic mass is 32.2. The van der Waals surface area contributed by atoms with Crippen LogP contribution in [0.15, 0.2) is 58.5 Å². The smallest absolute Gasteiger partial charge is 0.266 e. The van der Waals surface area contributed by atoms with Crippen LogP contribution < -0.4 is 10.9 Å². The van der Waals surface area contributed by atoms with Crippen LogP contribution in [0.5, 0.6) is 0 Å². The van der Waals surface area contributed by atoms with E-state index >= 15 is 0 Å². The largest absolute Gasteiger partial charge is 0.337 e. The van der Waals surface area contributed by atoms with Gasteiger partial charge in [-0.25, -0.2) is 9.37 Å². The van der Waals surface area contributed by atoms with E-state index in [0.29, 0.717) is 10.9 Å². The van der Waals surface area contributed by atoms with Crippen LogP contribution in [0.25, 0.3) is 16.6 Å². The van der Waals surface area contributed by atoms with E-state index in [4.69, 9.17) is 0 Å². The van der Waals surface area contributed by atoms with Crippen molar-refractivity contribution in [1.29, 1.82) is 5.26 Å². The van der Waals surface area contributed by atoms with Crippen LogP contribution in [-0.4, -0.2) is 26.8 Å². The third-order valence-corrected chi connectivity index (χ3v) is 5.90. The van der Waals surface area contributed by atoms with Gasteiger partial charge in [-0.15, -0.1) is 0 Å². The lowest BCUT2D eigenvalue weighted by molar-refractivity contribution is -0.120. The molecule has 6 nitrogen and oxygen atoms in total. The summed E-state index contributed by atoms with van der Waals surface area (Å²) in [5, 5.41) is 12.7. The number of para-hydroxylation sites is 2. The zero-order valence-electron chi connectivity index (χ0n) is 16.8. The van der Waals surface area contributed by atoms with Crippen LogP contribution in [0.4, 0.5) is 4.39 Å². The van der Waals surface area contributed by atoms with Gasteiger partial charge in [-0.2, -0.15) is 5.26 Å². The maximum absolute atomic E-state index is 14.5. The maximum Gasteiger partial charge on any atom is 0.266 e. The first kappa shape index (κ1) is 21.5. The topological polar surface area (TPSA) is 87.8 Å². The number of fused-ring (bicyclic) bond motifs is 1. The van der Waals surface area contributed by atoms with Crippen molar-refractivity contribution in [2.24, 2.45) is 5.92 Å². The lowest BCUT2D eigenvalue weighted by atomic mass is 9.90. The van der Waals surface area contributed by atoms with Crippen molar-refractivity contribution < 1.29 is 9.18 Å².